The molecule has 0 saturated carbocycles. The number of methoxy groups -OCH3 is 1. The van der Waals surface area contributed by atoms with Gasteiger partial charge < -0.3 is 24.0 Å². The number of nitrogens with zero attached hydrogens (tertiary/aromatic N) is 2. The van der Waals surface area contributed by atoms with Crippen LogP contribution < -0.4 is 19.1 Å². The number of Topliss-reactive ketones (excluding diaryl/α,β-unsaturated/α-hetero) is 1. The van der Waals surface area contributed by atoms with E-state index in [1.54, 1.807) is 48.4 Å². The van der Waals surface area contributed by atoms with Crippen molar-refractivity contribution in [2.75, 3.05) is 44.9 Å². The molecule has 0 N–H and O–H groups in total. The predicted molar refractivity (Wildman–Crippen MR) is 131 cm³/mol. The highest BCUT2D eigenvalue weighted by Gasteiger charge is 2.27. The lowest BCUT2D eigenvalue weighted by Gasteiger charge is -2.31. The summed E-state index contributed by atoms with van der Waals surface area (Å²) in [6, 6.07) is 12.2. The summed E-state index contributed by atoms with van der Waals surface area (Å²) in [5, 5.41) is 0. The molecule has 0 bridgehead atoms. The molecular weight excluding hydrogens is 448 g/mol. The molecular formula is C27H32N2O6. The first-order valence-corrected chi connectivity index (χ1v) is 12.1. The molecule has 2 aliphatic rings. The normalized spacial score (nSPS) is 15.9. The van der Waals surface area contributed by atoms with Crippen molar-refractivity contribution in [2.45, 2.75) is 32.6 Å². The summed E-state index contributed by atoms with van der Waals surface area (Å²) >= 11 is 0. The number of amides is 2. The van der Waals surface area contributed by atoms with Gasteiger partial charge in [-0.25, -0.2) is 0 Å². The van der Waals surface area contributed by atoms with E-state index in [4.69, 9.17) is 14.2 Å². The molecule has 0 unspecified atom stereocenters. The van der Waals surface area contributed by atoms with Crippen molar-refractivity contribution < 1.29 is 28.6 Å². The molecule has 0 radical (unpaired) electrons. The van der Waals surface area contributed by atoms with Crippen molar-refractivity contribution in [3.8, 4) is 17.2 Å². The van der Waals surface area contributed by atoms with Gasteiger partial charge in [0.25, 0.3) is 5.91 Å². The van der Waals surface area contributed by atoms with Crippen molar-refractivity contribution in [1.29, 1.82) is 0 Å². The zero-order valence-electron chi connectivity index (χ0n) is 20.3. The second-order valence-corrected chi connectivity index (χ2v) is 9.05. The minimum Gasteiger partial charge on any atom is -0.493 e. The molecule has 0 aliphatic carbocycles. The van der Waals surface area contributed by atoms with Gasteiger partial charge in [0, 0.05) is 31.6 Å². The van der Waals surface area contributed by atoms with Crippen LogP contribution in [0, 0.1) is 5.92 Å². The highest BCUT2D eigenvalue weighted by Crippen LogP contribution is 2.34. The number of benzene rings is 2. The van der Waals surface area contributed by atoms with E-state index in [2.05, 4.69) is 6.92 Å². The third-order valence-corrected chi connectivity index (χ3v) is 6.56. The molecule has 1 saturated heterocycles. The molecule has 8 nitrogen and oxygen atoms in total. The Morgan fingerprint density at radius 2 is 1.83 bits per heavy atom. The fraction of sp³-hybridized carbons (Fsp3) is 0.444. The zero-order chi connectivity index (χ0) is 24.8. The standard InChI is InChI=1S/C27H32N2O6/c1-19-11-14-28(15-12-19)26(31)8-5-13-29-21-16-20(9-10-23(21)35-18-27(29)32)22(30)17-34-25-7-4-3-6-24(25)33-2/h3-4,6-7,9-10,16,19H,5,8,11-15,17-18H2,1-2H3. The molecule has 1 fully saturated rings. The topological polar surface area (TPSA) is 85.4 Å². The molecule has 186 valence electrons. The molecule has 4 rings (SSSR count). The Labute approximate surface area is 205 Å². The summed E-state index contributed by atoms with van der Waals surface area (Å²) in [5.41, 5.74) is 0.962. The first-order chi connectivity index (χ1) is 17.0. The summed E-state index contributed by atoms with van der Waals surface area (Å²) in [7, 11) is 1.54. The quantitative estimate of drug-likeness (QED) is 0.509. The molecule has 2 heterocycles. The summed E-state index contributed by atoms with van der Waals surface area (Å²) in [6.07, 6.45) is 3.02. The average molecular weight is 481 g/mol. The zero-order valence-corrected chi connectivity index (χ0v) is 20.3. The number of ether oxygens (including phenoxy) is 3. The van der Waals surface area contributed by atoms with Gasteiger partial charge in [-0.15, -0.1) is 0 Å². The lowest BCUT2D eigenvalue weighted by molar-refractivity contribution is -0.132. The van der Waals surface area contributed by atoms with Crippen molar-refractivity contribution in [1.82, 2.24) is 4.90 Å². The molecule has 2 amide bonds. The SMILES string of the molecule is COc1ccccc1OCC(=O)c1ccc2c(c1)N(CCCC(=O)N1CCC(C)CC1)C(=O)CO2. The minimum atomic E-state index is -0.230. The summed E-state index contributed by atoms with van der Waals surface area (Å²) < 4.78 is 16.5. The molecule has 2 aromatic rings. The van der Waals surface area contributed by atoms with E-state index in [9.17, 15) is 14.4 Å². The maximum atomic E-state index is 12.8. The van der Waals surface area contributed by atoms with Crippen LogP contribution in [0.4, 0.5) is 5.69 Å². The first kappa shape index (κ1) is 24.6. The van der Waals surface area contributed by atoms with Crippen molar-refractivity contribution in [3.63, 3.8) is 0 Å². The largest absolute Gasteiger partial charge is 0.493 e. The molecule has 8 heteroatoms. The maximum absolute atomic E-state index is 12.8. The van der Waals surface area contributed by atoms with Crippen LogP contribution in [0.3, 0.4) is 0 Å². The Bertz CT molecular complexity index is 1080. The van der Waals surface area contributed by atoms with E-state index >= 15 is 0 Å². The van der Waals surface area contributed by atoms with Gasteiger partial charge in [-0.2, -0.15) is 0 Å². The number of anilines is 1. The van der Waals surface area contributed by atoms with E-state index in [-0.39, 0.29) is 30.8 Å². The predicted octanol–water partition coefficient (Wildman–Crippen LogP) is 3.72. The van der Waals surface area contributed by atoms with Crippen LogP contribution in [0.2, 0.25) is 0 Å². The number of piperidine rings is 1. The van der Waals surface area contributed by atoms with Gasteiger partial charge in [0.2, 0.25) is 5.91 Å². The number of rotatable bonds is 9. The van der Waals surface area contributed by atoms with E-state index in [1.165, 1.54) is 0 Å². The fourth-order valence-electron chi connectivity index (χ4n) is 4.39. The Morgan fingerprint density at radius 1 is 1.09 bits per heavy atom. The van der Waals surface area contributed by atoms with Crippen LogP contribution in [-0.4, -0.2) is 62.5 Å². The number of likely N-dealkylation sites (tertiary alicyclic amines) is 1. The number of carbonyl (C=O) groups is 3. The third kappa shape index (κ3) is 5.93. The number of hydrogen-bond acceptors (Lipinski definition) is 6. The van der Waals surface area contributed by atoms with Gasteiger partial charge in [-0.1, -0.05) is 19.1 Å². The lowest BCUT2D eigenvalue weighted by atomic mass is 9.99. The second kappa shape index (κ2) is 11.3. The van der Waals surface area contributed by atoms with Crippen LogP contribution in [-0.2, 0) is 9.59 Å². The van der Waals surface area contributed by atoms with Crippen molar-refractivity contribution in [2.24, 2.45) is 5.92 Å². The van der Waals surface area contributed by atoms with Gasteiger partial charge in [-0.05, 0) is 55.5 Å². The van der Waals surface area contributed by atoms with Crippen LogP contribution >= 0.6 is 0 Å². The number of ketones is 1. The molecule has 35 heavy (non-hydrogen) atoms. The molecule has 2 aliphatic heterocycles. The molecule has 0 atom stereocenters. The minimum absolute atomic E-state index is 0.0604. The van der Waals surface area contributed by atoms with Crippen LogP contribution in [0.5, 0.6) is 17.2 Å². The Hall–Kier alpha value is -3.55. The van der Waals surface area contributed by atoms with E-state index in [1.807, 2.05) is 11.0 Å². The highest BCUT2D eigenvalue weighted by atomic mass is 16.5. The van der Waals surface area contributed by atoms with Gasteiger partial charge in [-0.3, -0.25) is 14.4 Å². The van der Waals surface area contributed by atoms with E-state index < -0.39 is 0 Å². The van der Waals surface area contributed by atoms with Gasteiger partial charge >= 0.3 is 0 Å². The third-order valence-electron chi connectivity index (χ3n) is 6.56. The van der Waals surface area contributed by atoms with Crippen molar-refractivity contribution >= 4 is 23.3 Å². The number of fused-ring (bicyclic) bond motifs is 1. The Kier molecular flexibility index (Phi) is 7.90. The van der Waals surface area contributed by atoms with Crippen molar-refractivity contribution in [3.05, 3.63) is 48.0 Å². The van der Waals surface area contributed by atoms with Crippen LogP contribution in [0.25, 0.3) is 0 Å². The monoisotopic (exact) mass is 480 g/mol. The van der Waals surface area contributed by atoms with E-state index in [0.717, 1.165) is 25.9 Å². The summed E-state index contributed by atoms with van der Waals surface area (Å²) in [4.78, 5) is 41.6. The fourth-order valence-corrected chi connectivity index (χ4v) is 4.39. The van der Waals surface area contributed by atoms with Gasteiger partial charge in [0.05, 0.1) is 12.8 Å². The highest BCUT2D eigenvalue weighted by molar-refractivity contribution is 6.02. The Morgan fingerprint density at radius 3 is 2.57 bits per heavy atom. The number of para-hydroxylation sites is 2. The molecule has 2 aromatic carbocycles. The van der Waals surface area contributed by atoms with Gasteiger partial charge in [0.1, 0.15) is 5.75 Å². The van der Waals surface area contributed by atoms with Gasteiger partial charge in [0.15, 0.2) is 30.5 Å². The number of hydrogen-bond donors (Lipinski definition) is 0. The van der Waals surface area contributed by atoms with Crippen LogP contribution in [0.15, 0.2) is 42.5 Å². The average Bonchev–Trinajstić information content (AvgIpc) is 2.88. The molecule has 0 aromatic heterocycles. The smallest absolute Gasteiger partial charge is 0.265 e. The van der Waals surface area contributed by atoms with E-state index in [0.29, 0.717) is 53.8 Å². The number of carbonyl (C=O) groups excluding carboxylic acids is 3. The summed E-state index contributed by atoms with van der Waals surface area (Å²) in [6.45, 7) is 3.99. The second-order valence-electron chi connectivity index (χ2n) is 9.05. The summed E-state index contributed by atoms with van der Waals surface area (Å²) in [5.74, 6) is 1.95. The first-order valence-electron chi connectivity index (χ1n) is 12.1. The lowest BCUT2D eigenvalue weighted by Crippen LogP contribution is -2.41. The van der Waals surface area contributed by atoms with Crippen LogP contribution in [0.1, 0.15) is 43.0 Å². The maximum Gasteiger partial charge on any atom is 0.265 e. The Balaban J connectivity index is 1.38. The molecule has 0 spiro atoms.